The number of guanidine groups is 1. The Hall–Kier alpha value is -2.02. The zero-order valence-corrected chi connectivity index (χ0v) is 15.4. The molecule has 0 unspecified atom stereocenters. The number of halogens is 1. The van der Waals surface area contributed by atoms with E-state index in [1.54, 1.807) is 0 Å². The number of rotatable bonds is 4. The number of nitrogens with zero attached hydrogens (tertiary/aromatic N) is 1. The number of aromatic nitrogens is 1. The van der Waals surface area contributed by atoms with E-state index in [1.165, 1.54) is 16.6 Å². The summed E-state index contributed by atoms with van der Waals surface area (Å²) in [4.78, 5) is 7.77. The van der Waals surface area contributed by atoms with Crippen LogP contribution in [0.15, 0.2) is 59.6 Å². The van der Waals surface area contributed by atoms with E-state index in [2.05, 4.69) is 46.5 Å². The van der Waals surface area contributed by atoms with E-state index in [0.29, 0.717) is 12.5 Å². The van der Waals surface area contributed by atoms with Crippen molar-refractivity contribution < 1.29 is 0 Å². The molecular formula is C18H21IN4. The Balaban J connectivity index is 0.00000192. The summed E-state index contributed by atoms with van der Waals surface area (Å²) in [7, 11) is 0. The van der Waals surface area contributed by atoms with Gasteiger partial charge in [-0.05, 0) is 42.1 Å². The maximum Gasteiger partial charge on any atom is 0.193 e. The van der Waals surface area contributed by atoms with Crippen LogP contribution >= 0.6 is 24.0 Å². The molecule has 4 nitrogen and oxygen atoms in total. The minimum absolute atomic E-state index is 0. The van der Waals surface area contributed by atoms with Gasteiger partial charge in [-0.1, -0.05) is 30.3 Å². The van der Waals surface area contributed by atoms with Gasteiger partial charge >= 0.3 is 0 Å². The number of hydrogen-bond acceptors (Lipinski definition) is 1. The predicted octanol–water partition coefficient (Wildman–Crippen LogP) is 4.06. The lowest BCUT2D eigenvalue weighted by atomic mass is 10.2. The van der Waals surface area contributed by atoms with Crippen LogP contribution in [0.5, 0.6) is 0 Å². The molecule has 3 aromatic rings. The third kappa shape index (κ3) is 4.72. The molecule has 0 aliphatic rings. The first-order valence-corrected chi connectivity index (χ1v) is 7.41. The molecule has 120 valence electrons. The van der Waals surface area contributed by atoms with Crippen molar-refractivity contribution >= 4 is 46.5 Å². The molecule has 23 heavy (non-hydrogen) atoms. The van der Waals surface area contributed by atoms with Gasteiger partial charge in [-0.15, -0.1) is 24.0 Å². The Morgan fingerprint density at radius 3 is 2.74 bits per heavy atom. The van der Waals surface area contributed by atoms with E-state index >= 15 is 0 Å². The minimum atomic E-state index is 0. The average Bonchev–Trinajstić information content (AvgIpc) is 2.90. The van der Waals surface area contributed by atoms with Gasteiger partial charge in [-0.25, -0.2) is 0 Å². The number of fused-ring (bicyclic) bond motifs is 1. The number of aromatic amines is 1. The molecule has 0 aliphatic heterocycles. The highest BCUT2D eigenvalue weighted by atomic mass is 127. The number of aryl methyl sites for hydroxylation is 1. The fourth-order valence-corrected chi connectivity index (χ4v) is 2.48. The minimum Gasteiger partial charge on any atom is -0.370 e. The van der Waals surface area contributed by atoms with Crippen LogP contribution in [0, 0.1) is 6.92 Å². The van der Waals surface area contributed by atoms with Crippen molar-refractivity contribution in [2.24, 2.45) is 10.7 Å². The summed E-state index contributed by atoms with van der Waals surface area (Å²) in [5.74, 6) is 0.446. The molecule has 0 amide bonds. The third-order valence-corrected chi connectivity index (χ3v) is 3.54. The maximum atomic E-state index is 5.92. The lowest BCUT2D eigenvalue weighted by Gasteiger charge is -2.06. The number of hydrogen-bond donors (Lipinski definition) is 3. The first kappa shape index (κ1) is 17.3. The molecule has 0 saturated carbocycles. The van der Waals surface area contributed by atoms with Crippen molar-refractivity contribution in [1.29, 1.82) is 0 Å². The van der Waals surface area contributed by atoms with Gasteiger partial charge in [0.25, 0.3) is 0 Å². The van der Waals surface area contributed by atoms with Crippen molar-refractivity contribution in [1.82, 2.24) is 4.98 Å². The second kappa shape index (κ2) is 8.01. The highest BCUT2D eigenvalue weighted by molar-refractivity contribution is 14.0. The molecule has 4 N–H and O–H groups in total. The summed E-state index contributed by atoms with van der Waals surface area (Å²) in [6.45, 7) is 2.70. The van der Waals surface area contributed by atoms with Gasteiger partial charge in [0.05, 0.1) is 0 Å². The van der Waals surface area contributed by atoms with Crippen LogP contribution in [-0.2, 0) is 6.42 Å². The normalized spacial score (nSPS) is 11.3. The summed E-state index contributed by atoms with van der Waals surface area (Å²) in [6.07, 6.45) is 0.838. The Labute approximate surface area is 153 Å². The lowest BCUT2D eigenvalue weighted by Crippen LogP contribution is -2.23. The van der Waals surface area contributed by atoms with Crippen LogP contribution < -0.4 is 11.1 Å². The predicted molar refractivity (Wildman–Crippen MR) is 109 cm³/mol. The molecule has 3 rings (SSSR count). The smallest absolute Gasteiger partial charge is 0.193 e. The van der Waals surface area contributed by atoms with Crippen LogP contribution in [0.1, 0.15) is 11.3 Å². The lowest BCUT2D eigenvalue weighted by molar-refractivity contribution is 0.937. The zero-order valence-electron chi connectivity index (χ0n) is 13.0. The van der Waals surface area contributed by atoms with Crippen LogP contribution in [0.3, 0.4) is 0 Å². The largest absolute Gasteiger partial charge is 0.370 e. The van der Waals surface area contributed by atoms with Gasteiger partial charge in [0.1, 0.15) is 0 Å². The molecule has 0 radical (unpaired) electrons. The molecular weight excluding hydrogens is 399 g/mol. The molecule has 0 atom stereocenters. The standard InChI is InChI=1S/C18H20N4.HI/c1-13-5-4-7-15(11-13)22-18(19)20-10-9-16-12-14-6-2-3-8-17(14)21-16;/h2-8,11-12,21H,9-10H2,1H3,(H3,19,20,22);1H. The van der Waals surface area contributed by atoms with E-state index < -0.39 is 0 Å². The van der Waals surface area contributed by atoms with Crippen molar-refractivity contribution in [3.8, 4) is 0 Å². The molecule has 1 aromatic heterocycles. The van der Waals surface area contributed by atoms with Crippen molar-refractivity contribution in [3.63, 3.8) is 0 Å². The number of benzene rings is 2. The summed E-state index contributed by atoms with van der Waals surface area (Å²) in [5, 5.41) is 4.34. The van der Waals surface area contributed by atoms with Crippen LogP contribution in [0.25, 0.3) is 10.9 Å². The second-order valence-electron chi connectivity index (χ2n) is 5.39. The monoisotopic (exact) mass is 420 g/mol. The summed E-state index contributed by atoms with van der Waals surface area (Å²) in [5.41, 5.74) is 10.4. The van der Waals surface area contributed by atoms with Gasteiger partial charge in [-0.2, -0.15) is 0 Å². The summed E-state index contributed by atoms with van der Waals surface area (Å²) in [6, 6.07) is 18.5. The molecule has 5 heteroatoms. The van der Waals surface area contributed by atoms with E-state index in [-0.39, 0.29) is 24.0 Å². The van der Waals surface area contributed by atoms with Crippen LogP contribution in [0.4, 0.5) is 5.69 Å². The quantitative estimate of drug-likeness (QED) is 0.339. The molecule has 0 bridgehead atoms. The Morgan fingerprint density at radius 1 is 1.13 bits per heavy atom. The van der Waals surface area contributed by atoms with Gasteiger partial charge in [0.15, 0.2) is 5.96 Å². The highest BCUT2D eigenvalue weighted by Crippen LogP contribution is 2.15. The van der Waals surface area contributed by atoms with Gasteiger partial charge in [-0.3, -0.25) is 4.99 Å². The number of nitrogens with two attached hydrogens (primary N) is 1. The molecule has 2 aromatic carbocycles. The number of anilines is 1. The van der Waals surface area contributed by atoms with Crippen LogP contribution in [-0.4, -0.2) is 17.5 Å². The van der Waals surface area contributed by atoms with Gasteiger partial charge in [0.2, 0.25) is 0 Å². The molecule has 0 aliphatic carbocycles. The van der Waals surface area contributed by atoms with Crippen molar-refractivity contribution in [3.05, 3.63) is 65.9 Å². The topological polar surface area (TPSA) is 66.2 Å². The fraction of sp³-hybridized carbons (Fsp3) is 0.167. The molecule has 1 heterocycles. The summed E-state index contributed by atoms with van der Waals surface area (Å²) < 4.78 is 0. The maximum absolute atomic E-state index is 5.92. The number of para-hydroxylation sites is 1. The number of H-pyrrole nitrogens is 1. The molecule has 0 fully saturated rings. The van der Waals surface area contributed by atoms with Crippen molar-refractivity contribution in [2.75, 3.05) is 11.9 Å². The van der Waals surface area contributed by atoms with E-state index in [0.717, 1.165) is 17.6 Å². The first-order chi connectivity index (χ1) is 10.7. The third-order valence-electron chi connectivity index (χ3n) is 3.54. The molecule has 0 saturated heterocycles. The van der Waals surface area contributed by atoms with Crippen LogP contribution in [0.2, 0.25) is 0 Å². The summed E-state index contributed by atoms with van der Waals surface area (Å²) >= 11 is 0. The SMILES string of the molecule is Cc1cccc(NC(N)=NCCc2cc3ccccc3[nH]2)c1.I. The van der Waals surface area contributed by atoms with E-state index in [9.17, 15) is 0 Å². The number of aliphatic imine (C=N–C) groups is 1. The number of nitrogens with one attached hydrogen (secondary N) is 2. The van der Waals surface area contributed by atoms with Crippen molar-refractivity contribution in [2.45, 2.75) is 13.3 Å². The Kier molecular flexibility index (Phi) is 6.04. The Bertz CT molecular complexity index is 774. The fourth-order valence-electron chi connectivity index (χ4n) is 2.48. The van der Waals surface area contributed by atoms with E-state index in [1.807, 2.05) is 30.3 Å². The highest BCUT2D eigenvalue weighted by Gasteiger charge is 2.00. The van der Waals surface area contributed by atoms with Gasteiger partial charge < -0.3 is 16.0 Å². The second-order valence-corrected chi connectivity index (χ2v) is 5.39. The average molecular weight is 420 g/mol. The molecule has 0 spiro atoms. The Morgan fingerprint density at radius 2 is 1.96 bits per heavy atom. The first-order valence-electron chi connectivity index (χ1n) is 7.41. The zero-order chi connectivity index (χ0) is 15.4. The van der Waals surface area contributed by atoms with Gasteiger partial charge in [0, 0.05) is 29.9 Å². The van der Waals surface area contributed by atoms with E-state index in [4.69, 9.17) is 5.73 Å².